The Morgan fingerprint density at radius 1 is 0.826 bits per heavy atom. The highest BCUT2D eigenvalue weighted by Gasteiger charge is 2.15. The maximum Gasteiger partial charge on any atom is 0.336 e. The zero-order valence-electron chi connectivity index (χ0n) is 12.9. The molecular formula is C18H17NO4. The molecule has 5 nitrogen and oxygen atoms in total. The summed E-state index contributed by atoms with van der Waals surface area (Å²) in [7, 11) is 3.92. The molecule has 0 fully saturated rings. The Kier molecular flexibility index (Phi) is 4.81. The van der Waals surface area contributed by atoms with Crippen molar-refractivity contribution in [3.63, 3.8) is 0 Å². The molecule has 23 heavy (non-hydrogen) atoms. The minimum Gasteiger partial charge on any atom is -0.478 e. The number of carboxylic acid groups (broad SMARTS) is 2. The summed E-state index contributed by atoms with van der Waals surface area (Å²) in [6.07, 6.45) is 3.60. The highest BCUT2D eigenvalue weighted by atomic mass is 16.4. The SMILES string of the molecule is CN(C)c1ccc(/C=C/c2ccc(C(=O)O)c(C(=O)O)c2)cc1. The van der Waals surface area contributed by atoms with Crippen molar-refractivity contribution in [1.29, 1.82) is 0 Å². The molecule has 2 aromatic carbocycles. The fourth-order valence-corrected chi connectivity index (χ4v) is 2.10. The topological polar surface area (TPSA) is 77.8 Å². The summed E-state index contributed by atoms with van der Waals surface area (Å²) in [5.41, 5.74) is 2.24. The first-order valence-electron chi connectivity index (χ1n) is 6.94. The first kappa shape index (κ1) is 16.3. The standard InChI is InChI=1S/C18H17NO4/c1-19(2)14-8-5-12(6-9-14)3-4-13-7-10-15(17(20)21)16(11-13)18(22)23/h3-11H,1-2H3,(H,20,21)(H,22,23)/b4-3+. The van der Waals surface area contributed by atoms with Crippen LogP contribution in [0.25, 0.3) is 12.2 Å². The lowest BCUT2D eigenvalue weighted by molar-refractivity contribution is 0.0651. The smallest absolute Gasteiger partial charge is 0.336 e. The van der Waals surface area contributed by atoms with Gasteiger partial charge < -0.3 is 15.1 Å². The van der Waals surface area contributed by atoms with Gasteiger partial charge in [-0.2, -0.15) is 0 Å². The molecule has 0 bridgehead atoms. The van der Waals surface area contributed by atoms with Crippen LogP contribution in [0, 0.1) is 0 Å². The number of benzene rings is 2. The van der Waals surface area contributed by atoms with Gasteiger partial charge in [-0.1, -0.05) is 30.4 Å². The second-order valence-corrected chi connectivity index (χ2v) is 5.23. The van der Waals surface area contributed by atoms with E-state index >= 15 is 0 Å². The summed E-state index contributed by atoms with van der Waals surface area (Å²) in [6, 6.07) is 12.1. The Labute approximate surface area is 134 Å². The Bertz CT molecular complexity index is 761. The van der Waals surface area contributed by atoms with Gasteiger partial charge in [0.1, 0.15) is 0 Å². The number of carbonyl (C=O) groups is 2. The molecule has 0 amide bonds. The number of hydrogen-bond acceptors (Lipinski definition) is 3. The monoisotopic (exact) mass is 311 g/mol. The van der Waals surface area contributed by atoms with Gasteiger partial charge in [0.15, 0.2) is 0 Å². The second kappa shape index (κ2) is 6.79. The predicted molar refractivity (Wildman–Crippen MR) is 90.1 cm³/mol. The molecule has 0 atom stereocenters. The van der Waals surface area contributed by atoms with Gasteiger partial charge in [-0.15, -0.1) is 0 Å². The van der Waals surface area contributed by atoms with Crippen molar-refractivity contribution < 1.29 is 19.8 Å². The fourth-order valence-electron chi connectivity index (χ4n) is 2.10. The van der Waals surface area contributed by atoms with E-state index in [0.29, 0.717) is 5.56 Å². The van der Waals surface area contributed by atoms with Crippen LogP contribution in [0.2, 0.25) is 0 Å². The molecule has 0 aliphatic heterocycles. The minimum absolute atomic E-state index is 0.218. The molecule has 118 valence electrons. The highest BCUT2D eigenvalue weighted by Crippen LogP contribution is 2.17. The van der Waals surface area contributed by atoms with Crippen molar-refractivity contribution in [2.24, 2.45) is 0 Å². The normalized spacial score (nSPS) is 10.7. The fraction of sp³-hybridized carbons (Fsp3) is 0.111. The van der Waals surface area contributed by atoms with Gasteiger partial charge in [0.05, 0.1) is 11.1 Å². The summed E-state index contributed by atoms with van der Waals surface area (Å²) in [5, 5.41) is 18.1. The largest absolute Gasteiger partial charge is 0.478 e. The molecule has 2 rings (SSSR count). The summed E-state index contributed by atoms with van der Waals surface area (Å²) in [4.78, 5) is 24.2. The second-order valence-electron chi connectivity index (χ2n) is 5.23. The third-order valence-electron chi connectivity index (χ3n) is 3.38. The number of aromatic carboxylic acids is 2. The van der Waals surface area contributed by atoms with E-state index < -0.39 is 11.9 Å². The first-order chi connectivity index (χ1) is 10.9. The Morgan fingerprint density at radius 2 is 1.35 bits per heavy atom. The molecule has 0 aliphatic carbocycles. The number of rotatable bonds is 5. The van der Waals surface area contributed by atoms with E-state index in [2.05, 4.69) is 0 Å². The summed E-state index contributed by atoms with van der Waals surface area (Å²) in [6.45, 7) is 0. The van der Waals surface area contributed by atoms with E-state index in [1.165, 1.54) is 12.1 Å². The maximum absolute atomic E-state index is 11.2. The van der Waals surface area contributed by atoms with Gasteiger partial charge in [-0.05, 0) is 35.4 Å². The van der Waals surface area contributed by atoms with Gasteiger partial charge in [0.25, 0.3) is 0 Å². The first-order valence-corrected chi connectivity index (χ1v) is 6.94. The highest BCUT2D eigenvalue weighted by molar-refractivity contribution is 6.02. The van der Waals surface area contributed by atoms with Gasteiger partial charge in [-0.3, -0.25) is 0 Å². The van der Waals surface area contributed by atoms with Crippen molar-refractivity contribution in [2.45, 2.75) is 0 Å². The van der Waals surface area contributed by atoms with E-state index in [1.54, 1.807) is 12.1 Å². The Hall–Kier alpha value is -3.08. The summed E-state index contributed by atoms with van der Waals surface area (Å²) in [5.74, 6) is -2.51. The third kappa shape index (κ3) is 3.97. The van der Waals surface area contributed by atoms with Gasteiger partial charge in [-0.25, -0.2) is 9.59 Å². The minimum atomic E-state index is -1.26. The lowest BCUT2D eigenvalue weighted by Gasteiger charge is -2.11. The van der Waals surface area contributed by atoms with Gasteiger partial charge in [0, 0.05) is 19.8 Å². The van der Waals surface area contributed by atoms with Crippen LogP contribution in [0.5, 0.6) is 0 Å². The molecule has 0 saturated heterocycles. The lowest BCUT2D eigenvalue weighted by atomic mass is 10.0. The van der Waals surface area contributed by atoms with Crippen molar-refractivity contribution in [2.75, 3.05) is 19.0 Å². The van der Waals surface area contributed by atoms with Crippen molar-refractivity contribution in [1.82, 2.24) is 0 Å². The van der Waals surface area contributed by atoms with Crippen LogP contribution in [-0.4, -0.2) is 36.2 Å². The maximum atomic E-state index is 11.2. The van der Waals surface area contributed by atoms with Crippen molar-refractivity contribution >= 4 is 29.8 Å². The van der Waals surface area contributed by atoms with Crippen molar-refractivity contribution in [3.05, 3.63) is 64.7 Å². The van der Waals surface area contributed by atoms with E-state index in [1.807, 2.05) is 49.3 Å². The number of carboxylic acids is 2. The molecular weight excluding hydrogens is 294 g/mol. The zero-order chi connectivity index (χ0) is 17.0. The Morgan fingerprint density at radius 3 is 1.87 bits per heavy atom. The van der Waals surface area contributed by atoms with E-state index in [-0.39, 0.29) is 11.1 Å². The molecule has 0 unspecified atom stereocenters. The summed E-state index contributed by atoms with van der Waals surface area (Å²) < 4.78 is 0. The molecule has 0 saturated carbocycles. The molecule has 5 heteroatoms. The number of nitrogens with zero attached hydrogens (tertiary/aromatic N) is 1. The molecule has 0 spiro atoms. The Balaban J connectivity index is 2.27. The molecule has 2 aromatic rings. The van der Waals surface area contributed by atoms with E-state index in [9.17, 15) is 9.59 Å². The van der Waals surface area contributed by atoms with Crippen LogP contribution in [0.3, 0.4) is 0 Å². The molecule has 0 heterocycles. The van der Waals surface area contributed by atoms with Crippen LogP contribution in [-0.2, 0) is 0 Å². The van der Waals surface area contributed by atoms with Crippen LogP contribution in [0.1, 0.15) is 31.8 Å². The van der Waals surface area contributed by atoms with Gasteiger partial charge >= 0.3 is 11.9 Å². The quantitative estimate of drug-likeness (QED) is 0.828. The van der Waals surface area contributed by atoms with E-state index in [4.69, 9.17) is 10.2 Å². The number of hydrogen-bond donors (Lipinski definition) is 2. The van der Waals surface area contributed by atoms with Crippen LogP contribution in [0.15, 0.2) is 42.5 Å². The molecule has 0 aliphatic rings. The van der Waals surface area contributed by atoms with E-state index in [0.717, 1.165) is 11.3 Å². The molecule has 0 aromatic heterocycles. The lowest BCUT2D eigenvalue weighted by Crippen LogP contribution is -2.08. The zero-order valence-corrected chi connectivity index (χ0v) is 12.9. The van der Waals surface area contributed by atoms with Gasteiger partial charge in [0.2, 0.25) is 0 Å². The predicted octanol–water partition coefficient (Wildman–Crippen LogP) is 3.32. The molecule has 0 radical (unpaired) electrons. The number of anilines is 1. The average molecular weight is 311 g/mol. The average Bonchev–Trinajstić information content (AvgIpc) is 2.52. The van der Waals surface area contributed by atoms with Crippen LogP contribution < -0.4 is 4.90 Å². The molecule has 2 N–H and O–H groups in total. The van der Waals surface area contributed by atoms with Crippen LogP contribution >= 0.6 is 0 Å². The van der Waals surface area contributed by atoms with Crippen molar-refractivity contribution in [3.8, 4) is 0 Å². The third-order valence-corrected chi connectivity index (χ3v) is 3.38. The summed E-state index contributed by atoms with van der Waals surface area (Å²) >= 11 is 0. The van der Waals surface area contributed by atoms with Crippen LogP contribution in [0.4, 0.5) is 5.69 Å².